The van der Waals surface area contributed by atoms with E-state index in [1.165, 1.54) is 87.7 Å². The van der Waals surface area contributed by atoms with Crippen molar-refractivity contribution in [3.63, 3.8) is 0 Å². The molecule has 0 aromatic heterocycles. The standard InChI is InChI=1S/C40H52N2O4S2/c1-4-25-6-10-27(11-7-25)29-14-18-31(19-15-29)38(43)45-34-22-23-35(37-36(34)47-40(48-37)33(24-41)42-3)46-39(44)32-20-16-30(17-21-32)28-12-8-26(5-2)9-13-28/h22-23,25-32H,4-21H2,1-2H3. The van der Waals surface area contributed by atoms with Crippen LogP contribution >= 0.6 is 23.5 Å². The number of nitriles is 1. The van der Waals surface area contributed by atoms with E-state index in [1.54, 1.807) is 12.1 Å². The molecule has 1 aromatic rings. The zero-order valence-corrected chi connectivity index (χ0v) is 30.5. The molecule has 5 aliphatic rings. The third-order valence-corrected chi connectivity index (χ3v) is 15.3. The highest BCUT2D eigenvalue weighted by Crippen LogP contribution is 2.59. The first-order valence-corrected chi connectivity index (χ1v) is 20.5. The summed E-state index contributed by atoms with van der Waals surface area (Å²) < 4.78 is 12.7. The number of carbonyl (C=O) groups is 2. The Morgan fingerprint density at radius 2 is 1.04 bits per heavy atom. The lowest BCUT2D eigenvalue weighted by molar-refractivity contribution is -0.141. The predicted molar refractivity (Wildman–Crippen MR) is 191 cm³/mol. The molecule has 0 N–H and O–H groups in total. The summed E-state index contributed by atoms with van der Waals surface area (Å²) in [5, 5.41) is 9.60. The van der Waals surface area contributed by atoms with Gasteiger partial charge in [0, 0.05) is 0 Å². The van der Waals surface area contributed by atoms with Gasteiger partial charge in [-0.2, -0.15) is 0 Å². The van der Waals surface area contributed by atoms with Gasteiger partial charge in [0.05, 0.1) is 38.5 Å². The second-order valence-electron chi connectivity index (χ2n) is 15.2. The normalized spacial score (nSPS) is 32.0. The predicted octanol–water partition coefficient (Wildman–Crippen LogP) is 11.4. The van der Waals surface area contributed by atoms with E-state index < -0.39 is 0 Å². The summed E-state index contributed by atoms with van der Waals surface area (Å²) in [5.41, 5.74) is -0.00617. The Balaban J connectivity index is 1.08. The Morgan fingerprint density at radius 3 is 1.35 bits per heavy atom. The van der Waals surface area contributed by atoms with Gasteiger partial charge in [-0.05, 0) is 125 Å². The minimum atomic E-state index is -0.205. The van der Waals surface area contributed by atoms with Crippen molar-refractivity contribution in [3.05, 3.63) is 33.5 Å². The van der Waals surface area contributed by atoms with Gasteiger partial charge in [0.1, 0.15) is 11.5 Å². The third-order valence-electron chi connectivity index (χ3n) is 12.7. The molecule has 1 aliphatic heterocycles. The van der Waals surface area contributed by atoms with Crippen molar-refractivity contribution in [1.29, 1.82) is 5.26 Å². The SMILES string of the molecule is [C-]#[N+]C(C#N)=C1Sc2c(OC(=O)C3CCC(C4CCC(CC)CC4)CC3)ccc(OC(=O)C3CCC(C4CCC(CC)CC4)CC3)c2S1. The third kappa shape index (κ3) is 8.13. The molecule has 1 aromatic carbocycles. The van der Waals surface area contributed by atoms with Crippen LogP contribution in [0.25, 0.3) is 4.85 Å². The minimum Gasteiger partial charge on any atom is -0.425 e. The monoisotopic (exact) mass is 688 g/mol. The molecule has 0 spiro atoms. The van der Waals surface area contributed by atoms with Crippen LogP contribution in [0.15, 0.2) is 31.9 Å². The highest BCUT2D eigenvalue weighted by Gasteiger charge is 2.37. The number of hydrogen-bond donors (Lipinski definition) is 0. The lowest BCUT2D eigenvalue weighted by Crippen LogP contribution is -2.30. The van der Waals surface area contributed by atoms with E-state index >= 15 is 0 Å². The highest BCUT2D eigenvalue weighted by molar-refractivity contribution is 8.24. The van der Waals surface area contributed by atoms with Gasteiger partial charge in [-0.15, -0.1) is 0 Å². The summed E-state index contributed by atoms with van der Waals surface area (Å²) in [6.45, 7) is 12.1. The molecule has 0 atom stereocenters. The van der Waals surface area contributed by atoms with Gasteiger partial charge in [0.25, 0.3) is 5.70 Å². The minimum absolute atomic E-state index is 0.00617. The van der Waals surface area contributed by atoms with Crippen molar-refractivity contribution in [2.45, 2.75) is 139 Å². The number of fused-ring (bicyclic) bond motifs is 1. The van der Waals surface area contributed by atoms with Crippen LogP contribution < -0.4 is 9.47 Å². The molecule has 4 fully saturated rings. The number of thioether (sulfide) groups is 2. The van der Waals surface area contributed by atoms with E-state index in [0.29, 0.717) is 25.5 Å². The van der Waals surface area contributed by atoms with Crippen molar-refractivity contribution in [2.75, 3.05) is 0 Å². The van der Waals surface area contributed by atoms with Crippen LogP contribution in [0.3, 0.4) is 0 Å². The smallest absolute Gasteiger partial charge is 0.314 e. The van der Waals surface area contributed by atoms with Crippen LogP contribution in [-0.4, -0.2) is 11.9 Å². The molecule has 6 rings (SSSR count). The summed E-state index contributed by atoms with van der Waals surface area (Å²) in [7, 11) is 0. The zero-order valence-electron chi connectivity index (χ0n) is 28.8. The second-order valence-corrected chi connectivity index (χ2v) is 17.5. The fourth-order valence-electron chi connectivity index (χ4n) is 9.47. The van der Waals surface area contributed by atoms with Gasteiger partial charge in [-0.1, -0.05) is 75.9 Å². The first-order valence-electron chi connectivity index (χ1n) is 18.9. The Bertz CT molecular complexity index is 1320. The van der Waals surface area contributed by atoms with Gasteiger partial charge in [-0.25, -0.2) is 10.1 Å². The quantitative estimate of drug-likeness (QED) is 0.116. The summed E-state index contributed by atoms with van der Waals surface area (Å²) in [6.07, 6.45) is 21.1. The zero-order chi connectivity index (χ0) is 33.6. The maximum atomic E-state index is 13.5. The number of carbonyl (C=O) groups excluding carboxylic acids is 2. The van der Waals surface area contributed by atoms with E-state index in [2.05, 4.69) is 18.7 Å². The molecule has 4 saturated carbocycles. The first-order chi connectivity index (χ1) is 23.4. The molecule has 4 aliphatic carbocycles. The van der Waals surface area contributed by atoms with E-state index in [0.717, 1.165) is 86.9 Å². The molecule has 0 saturated heterocycles. The number of benzene rings is 1. The number of nitrogens with zero attached hydrogens (tertiary/aromatic N) is 2. The fourth-order valence-corrected chi connectivity index (χ4v) is 11.9. The van der Waals surface area contributed by atoms with Gasteiger partial charge < -0.3 is 9.47 Å². The molecule has 48 heavy (non-hydrogen) atoms. The van der Waals surface area contributed by atoms with Crippen LogP contribution in [0.4, 0.5) is 0 Å². The highest BCUT2D eigenvalue weighted by atomic mass is 32.2. The van der Waals surface area contributed by atoms with Gasteiger partial charge in [-0.3, -0.25) is 9.59 Å². The van der Waals surface area contributed by atoms with Crippen LogP contribution in [-0.2, 0) is 9.59 Å². The van der Waals surface area contributed by atoms with Crippen molar-refractivity contribution < 1.29 is 19.1 Å². The van der Waals surface area contributed by atoms with E-state index in [-0.39, 0.29) is 29.5 Å². The maximum absolute atomic E-state index is 13.5. The summed E-state index contributed by atoms with van der Waals surface area (Å²) in [4.78, 5) is 31.7. The van der Waals surface area contributed by atoms with E-state index in [1.807, 2.05) is 6.07 Å². The molecular formula is C40H52N2O4S2. The molecule has 0 bridgehead atoms. The second kappa shape index (κ2) is 16.5. The molecule has 6 nitrogen and oxygen atoms in total. The van der Waals surface area contributed by atoms with Gasteiger partial charge in [0.2, 0.25) is 0 Å². The number of hydrogen-bond acceptors (Lipinski definition) is 7. The van der Waals surface area contributed by atoms with Crippen molar-refractivity contribution >= 4 is 35.5 Å². The topological polar surface area (TPSA) is 80.8 Å². The van der Waals surface area contributed by atoms with E-state index in [9.17, 15) is 14.9 Å². The van der Waals surface area contributed by atoms with Crippen LogP contribution in [0, 0.1) is 65.2 Å². The summed E-state index contributed by atoms with van der Waals surface area (Å²) in [6, 6.07) is 5.44. The Morgan fingerprint density at radius 1 is 0.688 bits per heavy atom. The molecule has 0 unspecified atom stereocenters. The van der Waals surface area contributed by atoms with Crippen molar-refractivity contribution in [3.8, 4) is 17.6 Å². The first kappa shape index (κ1) is 35.4. The molecule has 1 heterocycles. The molecule has 0 amide bonds. The molecule has 0 radical (unpaired) electrons. The Kier molecular flexibility index (Phi) is 12.2. The summed E-state index contributed by atoms with van der Waals surface area (Å²) >= 11 is 2.52. The lowest BCUT2D eigenvalue weighted by atomic mass is 9.69. The Hall–Kier alpha value is -2.42. The number of ether oxygens (including phenoxy) is 2. The number of esters is 2. The molecule has 258 valence electrons. The van der Waals surface area contributed by atoms with Crippen LogP contribution in [0.2, 0.25) is 0 Å². The molecule has 8 heteroatoms. The average molecular weight is 689 g/mol. The Labute approximate surface area is 296 Å². The maximum Gasteiger partial charge on any atom is 0.314 e. The van der Waals surface area contributed by atoms with Gasteiger partial charge in [0.15, 0.2) is 0 Å². The number of rotatable bonds is 8. The largest absolute Gasteiger partial charge is 0.425 e. The van der Waals surface area contributed by atoms with Crippen LogP contribution in [0.5, 0.6) is 11.5 Å². The molecular weight excluding hydrogens is 637 g/mol. The average Bonchev–Trinajstić information content (AvgIpc) is 3.59. The van der Waals surface area contributed by atoms with Gasteiger partial charge >= 0.3 is 11.9 Å². The summed E-state index contributed by atoms with van der Waals surface area (Å²) in [5.74, 6) is 5.04. The van der Waals surface area contributed by atoms with E-state index in [4.69, 9.17) is 16.0 Å². The van der Waals surface area contributed by atoms with Crippen molar-refractivity contribution in [2.24, 2.45) is 47.3 Å². The number of allylic oxidation sites excluding steroid dienone is 1. The van der Waals surface area contributed by atoms with Crippen LogP contribution in [0.1, 0.15) is 129 Å². The fraction of sp³-hybridized carbons (Fsp3) is 0.700. The van der Waals surface area contributed by atoms with Crippen molar-refractivity contribution in [1.82, 2.24) is 0 Å². The lowest BCUT2D eigenvalue weighted by Gasteiger charge is -2.37.